The summed E-state index contributed by atoms with van der Waals surface area (Å²) in [5, 5.41) is 3.44. The van der Waals surface area contributed by atoms with Crippen LogP contribution in [0.25, 0.3) is 0 Å². The molecular formula is C20H25ClN2O4S. The zero-order chi connectivity index (χ0) is 20.9. The van der Waals surface area contributed by atoms with Gasteiger partial charge in [-0.25, -0.2) is 8.42 Å². The highest BCUT2D eigenvalue weighted by Crippen LogP contribution is 2.24. The van der Waals surface area contributed by atoms with E-state index in [1.807, 2.05) is 19.1 Å². The SMILES string of the molecule is CCN(CC(=O)N[C@H](C)c1ccc(Cl)cc1)S(=O)(=O)c1ccc(OC)c(C)c1. The van der Waals surface area contributed by atoms with Crippen LogP contribution in [0.4, 0.5) is 0 Å². The highest BCUT2D eigenvalue weighted by atomic mass is 35.5. The van der Waals surface area contributed by atoms with Gasteiger partial charge in [-0.15, -0.1) is 0 Å². The predicted molar refractivity (Wildman–Crippen MR) is 110 cm³/mol. The number of hydrogen-bond donors (Lipinski definition) is 1. The molecule has 0 aromatic heterocycles. The minimum atomic E-state index is -3.80. The fourth-order valence-electron chi connectivity index (χ4n) is 2.81. The Morgan fingerprint density at radius 1 is 1.21 bits per heavy atom. The van der Waals surface area contributed by atoms with Gasteiger partial charge in [0.2, 0.25) is 15.9 Å². The Balaban J connectivity index is 2.12. The van der Waals surface area contributed by atoms with Gasteiger partial charge in [0.05, 0.1) is 24.6 Å². The molecule has 2 aromatic carbocycles. The molecule has 1 N–H and O–H groups in total. The van der Waals surface area contributed by atoms with Crippen LogP contribution in [0, 0.1) is 6.92 Å². The standard InChI is InChI=1S/C20H25ClN2O4S/c1-5-23(28(25,26)18-10-11-19(27-4)14(2)12-18)13-20(24)22-15(3)16-6-8-17(21)9-7-16/h6-12,15H,5,13H2,1-4H3,(H,22,24)/t15-/m1/s1. The van der Waals surface area contributed by atoms with Crippen molar-refractivity contribution in [1.82, 2.24) is 9.62 Å². The number of halogens is 1. The molecule has 0 saturated heterocycles. The van der Waals surface area contributed by atoms with E-state index in [1.54, 1.807) is 38.1 Å². The molecule has 28 heavy (non-hydrogen) atoms. The number of amides is 1. The fourth-order valence-corrected chi connectivity index (χ4v) is 4.43. The molecule has 2 aromatic rings. The maximum absolute atomic E-state index is 12.9. The largest absolute Gasteiger partial charge is 0.496 e. The number of nitrogens with one attached hydrogen (secondary N) is 1. The zero-order valence-electron chi connectivity index (χ0n) is 16.4. The number of sulfonamides is 1. The molecule has 0 aliphatic heterocycles. The maximum atomic E-state index is 12.9. The van der Waals surface area contributed by atoms with Crippen LogP contribution in [0.2, 0.25) is 5.02 Å². The van der Waals surface area contributed by atoms with E-state index in [-0.39, 0.29) is 29.9 Å². The second kappa shape index (κ2) is 9.41. The number of methoxy groups -OCH3 is 1. The molecule has 0 aliphatic carbocycles. The molecule has 0 aliphatic rings. The van der Waals surface area contributed by atoms with Gasteiger partial charge < -0.3 is 10.1 Å². The van der Waals surface area contributed by atoms with E-state index >= 15 is 0 Å². The normalized spacial score (nSPS) is 12.6. The highest BCUT2D eigenvalue weighted by Gasteiger charge is 2.26. The van der Waals surface area contributed by atoms with E-state index < -0.39 is 10.0 Å². The van der Waals surface area contributed by atoms with Crippen LogP contribution in [-0.4, -0.2) is 38.8 Å². The quantitative estimate of drug-likeness (QED) is 0.703. The second-order valence-corrected chi connectivity index (χ2v) is 8.78. The molecule has 2 rings (SSSR count). The molecule has 0 heterocycles. The van der Waals surface area contributed by atoms with Crippen molar-refractivity contribution in [2.75, 3.05) is 20.2 Å². The first-order chi connectivity index (χ1) is 13.2. The van der Waals surface area contributed by atoms with Crippen molar-refractivity contribution in [3.63, 3.8) is 0 Å². The lowest BCUT2D eigenvalue weighted by Crippen LogP contribution is -2.41. The molecule has 0 bridgehead atoms. The van der Waals surface area contributed by atoms with Crippen LogP contribution in [0.3, 0.4) is 0 Å². The lowest BCUT2D eigenvalue weighted by Gasteiger charge is -2.22. The van der Waals surface area contributed by atoms with Crippen LogP contribution >= 0.6 is 11.6 Å². The lowest BCUT2D eigenvalue weighted by atomic mass is 10.1. The van der Waals surface area contributed by atoms with Crippen LogP contribution < -0.4 is 10.1 Å². The van der Waals surface area contributed by atoms with E-state index in [0.717, 1.165) is 9.87 Å². The topological polar surface area (TPSA) is 75.7 Å². The summed E-state index contributed by atoms with van der Waals surface area (Å²) in [6.45, 7) is 5.22. The van der Waals surface area contributed by atoms with Crippen molar-refractivity contribution < 1.29 is 17.9 Å². The number of rotatable bonds is 8. The monoisotopic (exact) mass is 424 g/mol. The lowest BCUT2D eigenvalue weighted by molar-refractivity contribution is -0.121. The summed E-state index contributed by atoms with van der Waals surface area (Å²) in [5.41, 5.74) is 1.59. The van der Waals surface area contributed by atoms with Crippen molar-refractivity contribution in [1.29, 1.82) is 0 Å². The summed E-state index contributed by atoms with van der Waals surface area (Å²) in [6.07, 6.45) is 0. The van der Waals surface area contributed by atoms with Gasteiger partial charge >= 0.3 is 0 Å². The molecule has 0 fully saturated rings. The van der Waals surface area contributed by atoms with Gasteiger partial charge in [-0.3, -0.25) is 4.79 Å². The van der Waals surface area contributed by atoms with E-state index in [2.05, 4.69) is 5.32 Å². The van der Waals surface area contributed by atoms with Crippen LogP contribution in [0.15, 0.2) is 47.4 Å². The zero-order valence-corrected chi connectivity index (χ0v) is 18.0. The Labute approximate surface area is 171 Å². The van der Waals surface area contributed by atoms with Gasteiger partial charge in [0.1, 0.15) is 5.75 Å². The summed E-state index contributed by atoms with van der Waals surface area (Å²) in [4.78, 5) is 12.6. The Kier molecular flexibility index (Phi) is 7.46. The third kappa shape index (κ3) is 5.25. The number of carbonyl (C=O) groups is 1. The van der Waals surface area contributed by atoms with Crippen molar-refractivity contribution >= 4 is 27.5 Å². The van der Waals surface area contributed by atoms with Crippen LogP contribution in [-0.2, 0) is 14.8 Å². The molecule has 1 amide bonds. The molecule has 0 radical (unpaired) electrons. The smallest absolute Gasteiger partial charge is 0.243 e. The number of ether oxygens (including phenoxy) is 1. The molecular weight excluding hydrogens is 400 g/mol. The number of likely N-dealkylation sites (N-methyl/N-ethyl adjacent to an activating group) is 1. The first kappa shape index (κ1) is 22.2. The molecule has 1 atom stereocenters. The number of benzene rings is 2. The van der Waals surface area contributed by atoms with E-state index in [1.165, 1.54) is 13.2 Å². The average Bonchev–Trinajstić information content (AvgIpc) is 2.66. The van der Waals surface area contributed by atoms with Gasteiger partial charge in [0.15, 0.2) is 0 Å². The number of hydrogen-bond acceptors (Lipinski definition) is 4. The molecule has 6 nitrogen and oxygen atoms in total. The summed E-state index contributed by atoms with van der Waals surface area (Å²) in [5.74, 6) is 0.231. The van der Waals surface area contributed by atoms with E-state index in [4.69, 9.17) is 16.3 Å². The first-order valence-electron chi connectivity index (χ1n) is 8.88. The van der Waals surface area contributed by atoms with Gasteiger partial charge in [-0.1, -0.05) is 30.7 Å². The van der Waals surface area contributed by atoms with Crippen molar-refractivity contribution in [2.45, 2.75) is 31.7 Å². The van der Waals surface area contributed by atoms with Crippen LogP contribution in [0.1, 0.15) is 31.0 Å². The third-order valence-corrected chi connectivity index (χ3v) is 6.59. The van der Waals surface area contributed by atoms with E-state index in [0.29, 0.717) is 16.3 Å². The van der Waals surface area contributed by atoms with Crippen LogP contribution in [0.5, 0.6) is 5.75 Å². The third-order valence-electron chi connectivity index (χ3n) is 4.42. The Morgan fingerprint density at radius 3 is 2.39 bits per heavy atom. The minimum Gasteiger partial charge on any atom is -0.496 e. The van der Waals surface area contributed by atoms with Crippen molar-refractivity contribution in [3.05, 3.63) is 58.6 Å². The van der Waals surface area contributed by atoms with Gasteiger partial charge in [-0.05, 0) is 55.3 Å². The first-order valence-corrected chi connectivity index (χ1v) is 10.7. The Bertz CT molecular complexity index is 930. The number of nitrogens with zero attached hydrogens (tertiary/aromatic N) is 1. The van der Waals surface area contributed by atoms with Crippen molar-refractivity contribution in [3.8, 4) is 5.75 Å². The molecule has 0 saturated carbocycles. The highest BCUT2D eigenvalue weighted by molar-refractivity contribution is 7.89. The second-order valence-electron chi connectivity index (χ2n) is 6.40. The fraction of sp³-hybridized carbons (Fsp3) is 0.350. The summed E-state index contributed by atoms with van der Waals surface area (Å²) in [7, 11) is -2.27. The Morgan fingerprint density at radius 2 is 1.86 bits per heavy atom. The molecule has 8 heteroatoms. The Hall–Kier alpha value is -2.09. The van der Waals surface area contributed by atoms with E-state index in [9.17, 15) is 13.2 Å². The van der Waals surface area contributed by atoms with Gasteiger partial charge in [0.25, 0.3) is 0 Å². The number of carbonyl (C=O) groups excluding carboxylic acids is 1. The predicted octanol–water partition coefficient (Wildman–Crippen LogP) is 3.55. The van der Waals surface area contributed by atoms with Gasteiger partial charge in [-0.2, -0.15) is 4.31 Å². The number of aryl methyl sites for hydroxylation is 1. The molecule has 0 unspecified atom stereocenters. The maximum Gasteiger partial charge on any atom is 0.243 e. The average molecular weight is 425 g/mol. The summed E-state index contributed by atoms with van der Waals surface area (Å²) >= 11 is 5.88. The summed E-state index contributed by atoms with van der Waals surface area (Å²) < 4.78 is 32.2. The summed E-state index contributed by atoms with van der Waals surface area (Å²) in [6, 6.07) is 11.5. The minimum absolute atomic E-state index is 0.131. The van der Waals surface area contributed by atoms with Crippen molar-refractivity contribution in [2.24, 2.45) is 0 Å². The molecule has 152 valence electrons. The molecule has 0 spiro atoms. The van der Waals surface area contributed by atoms with Gasteiger partial charge in [0, 0.05) is 11.6 Å².